The molecule has 452 valence electrons. The predicted octanol–water partition coefficient (Wildman–Crippen LogP) is 20.0. The first kappa shape index (κ1) is 74.5. The van der Waals surface area contributed by atoms with Gasteiger partial charge in [0, 0.05) is 12.8 Å². The van der Waals surface area contributed by atoms with E-state index in [0.717, 1.165) is 57.8 Å². The molecule has 9 heteroatoms. The molecule has 0 saturated carbocycles. The summed E-state index contributed by atoms with van der Waals surface area (Å²) in [6.45, 7) is 4.92. The first-order valence-corrected chi connectivity index (χ1v) is 33.2. The number of nitrogens with zero attached hydrogens (tertiary/aromatic N) is 1. The van der Waals surface area contributed by atoms with Gasteiger partial charge in [0.05, 0.1) is 34.4 Å². The van der Waals surface area contributed by atoms with Gasteiger partial charge in [0.1, 0.15) is 13.2 Å². The van der Waals surface area contributed by atoms with E-state index >= 15 is 0 Å². The van der Waals surface area contributed by atoms with Crippen molar-refractivity contribution in [2.24, 2.45) is 0 Å². The maximum Gasteiger partial charge on any atom is 0.361 e. The summed E-state index contributed by atoms with van der Waals surface area (Å²) < 4.78 is 23.0. The number of carboxylic acid groups (broad SMARTS) is 1. The lowest BCUT2D eigenvalue weighted by molar-refractivity contribution is -0.870. The minimum Gasteiger partial charge on any atom is -0.477 e. The monoisotopic (exact) mass is 1090 g/mol. The molecule has 0 spiro atoms. The Labute approximate surface area is 477 Å². The van der Waals surface area contributed by atoms with Crippen LogP contribution >= 0.6 is 0 Å². The van der Waals surface area contributed by atoms with Gasteiger partial charge >= 0.3 is 17.9 Å². The van der Waals surface area contributed by atoms with Gasteiger partial charge in [-0.1, -0.05) is 294 Å². The standard InChI is InChI=1S/C68H127NO8/c1-6-8-10-12-14-16-18-20-22-24-26-28-30-32-33-35-36-38-40-42-44-46-48-50-52-54-56-58-65(70)75-62-64(63-76-68(67(72)73)74-61-60-69(3,4)5)77-66(71)59-57-55-53-51-49-47-45-43-41-39-37-34-31-29-27-25-23-21-19-17-15-13-11-9-7-2/h19,21,25,27,31,34,64,68H,6-18,20,22-24,26,28-30,32-33,35-63H2,1-5H3/p+1/b21-19-,27-25-,34-31-. The predicted molar refractivity (Wildman–Crippen MR) is 327 cm³/mol. The van der Waals surface area contributed by atoms with E-state index in [2.05, 4.69) is 50.3 Å². The maximum absolute atomic E-state index is 12.9. The van der Waals surface area contributed by atoms with Crippen molar-refractivity contribution in [1.82, 2.24) is 0 Å². The number of hydrogen-bond acceptors (Lipinski definition) is 7. The van der Waals surface area contributed by atoms with Crippen LogP contribution in [0.2, 0.25) is 0 Å². The highest BCUT2D eigenvalue weighted by Crippen LogP contribution is 2.18. The highest BCUT2D eigenvalue weighted by molar-refractivity contribution is 5.71. The summed E-state index contributed by atoms with van der Waals surface area (Å²) in [7, 11) is 5.98. The molecule has 0 aromatic rings. The highest BCUT2D eigenvalue weighted by Gasteiger charge is 2.25. The average molecular weight is 1090 g/mol. The summed E-state index contributed by atoms with van der Waals surface area (Å²) in [5.41, 5.74) is 0. The van der Waals surface area contributed by atoms with Crippen LogP contribution in [-0.4, -0.2) is 87.4 Å². The fourth-order valence-electron chi connectivity index (χ4n) is 9.79. The molecule has 0 aliphatic rings. The van der Waals surface area contributed by atoms with Gasteiger partial charge in [0.2, 0.25) is 0 Å². The maximum atomic E-state index is 12.9. The summed E-state index contributed by atoms with van der Waals surface area (Å²) in [6, 6.07) is 0. The second-order valence-corrected chi connectivity index (χ2v) is 23.8. The number of quaternary nitrogens is 1. The Kier molecular flexibility index (Phi) is 57.7. The molecule has 0 saturated heterocycles. The van der Waals surface area contributed by atoms with Gasteiger partial charge < -0.3 is 28.5 Å². The molecule has 9 nitrogen and oxygen atoms in total. The number of allylic oxidation sites excluding steroid dienone is 6. The number of aliphatic carboxylic acids is 1. The SMILES string of the molecule is CCCCCCC/C=C\C/C=C\C/C=C\CCCCCCCCCCCCC(=O)OC(COC(=O)CCCCCCCCCCCCCCCCCCCCCCCCCCCCC)COC(OCC[N+](C)(C)C)C(=O)O. The lowest BCUT2D eigenvalue weighted by atomic mass is 10.0. The molecule has 0 bridgehead atoms. The first-order chi connectivity index (χ1) is 37.6. The zero-order chi connectivity index (χ0) is 56.2. The lowest BCUT2D eigenvalue weighted by Crippen LogP contribution is -2.40. The minimum absolute atomic E-state index is 0.179. The smallest absolute Gasteiger partial charge is 0.361 e. The van der Waals surface area contributed by atoms with Crippen LogP contribution in [-0.2, 0) is 33.3 Å². The highest BCUT2D eigenvalue weighted by atomic mass is 16.7. The molecule has 0 aliphatic carbocycles. The number of esters is 2. The summed E-state index contributed by atoms with van der Waals surface area (Å²) in [5, 5.41) is 9.73. The first-order valence-electron chi connectivity index (χ1n) is 33.2. The van der Waals surface area contributed by atoms with Crippen LogP contribution in [0.3, 0.4) is 0 Å². The second kappa shape index (κ2) is 59.6. The van der Waals surface area contributed by atoms with Gasteiger partial charge in [-0.2, -0.15) is 0 Å². The van der Waals surface area contributed by atoms with Crippen LogP contribution < -0.4 is 0 Å². The molecule has 1 N–H and O–H groups in total. The van der Waals surface area contributed by atoms with Gasteiger partial charge in [-0.3, -0.25) is 9.59 Å². The Hall–Kier alpha value is -2.49. The van der Waals surface area contributed by atoms with Gasteiger partial charge in [0.25, 0.3) is 6.29 Å². The number of carboxylic acids is 1. The fraction of sp³-hybridized carbons (Fsp3) is 0.868. The third-order valence-corrected chi connectivity index (χ3v) is 14.9. The van der Waals surface area contributed by atoms with Gasteiger partial charge in [-0.25, -0.2) is 4.79 Å². The van der Waals surface area contributed by atoms with E-state index in [1.807, 2.05) is 21.1 Å². The van der Waals surface area contributed by atoms with Crippen LogP contribution in [0.5, 0.6) is 0 Å². The zero-order valence-electron chi connectivity index (χ0n) is 51.6. The van der Waals surface area contributed by atoms with Crippen molar-refractivity contribution in [3.05, 3.63) is 36.5 Å². The quantitative estimate of drug-likeness (QED) is 0.0211. The van der Waals surface area contributed by atoms with E-state index < -0.39 is 24.3 Å². The van der Waals surface area contributed by atoms with Crippen molar-refractivity contribution in [3.8, 4) is 0 Å². The van der Waals surface area contributed by atoms with Crippen molar-refractivity contribution in [3.63, 3.8) is 0 Å². The molecule has 0 radical (unpaired) electrons. The van der Waals surface area contributed by atoms with Crippen molar-refractivity contribution >= 4 is 17.9 Å². The van der Waals surface area contributed by atoms with E-state index in [1.54, 1.807) is 0 Å². The van der Waals surface area contributed by atoms with E-state index in [9.17, 15) is 19.5 Å². The van der Waals surface area contributed by atoms with E-state index in [4.69, 9.17) is 18.9 Å². The van der Waals surface area contributed by atoms with E-state index in [0.29, 0.717) is 17.4 Å². The fourth-order valence-corrected chi connectivity index (χ4v) is 9.79. The normalized spacial score (nSPS) is 12.9. The molecular weight excluding hydrogens is 959 g/mol. The molecule has 0 amide bonds. The van der Waals surface area contributed by atoms with Gasteiger partial charge in [-0.05, 0) is 51.4 Å². The molecule has 0 heterocycles. The number of hydrogen-bond donors (Lipinski definition) is 1. The Balaban J connectivity index is 4.13. The molecule has 0 aliphatic heterocycles. The Morgan fingerprint density at radius 2 is 0.701 bits per heavy atom. The number of likely N-dealkylation sites (N-methyl/N-ethyl adjacent to an activating group) is 1. The Morgan fingerprint density at radius 1 is 0.390 bits per heavy atom. The zero-order valence-corrected chi connectivity index (χ0v) is 51.6. The molecule has 2 atom stereocenters. The Morgan fingerprint density at radius 3 is 1.04 bits per heavy atom. The van der Waals surface area contributed by atoms with Gasteiger partial charge in [-0.15, -0.1) is 0 Å². The molecule has 0 fully saturated rings. The average Bonchev–Trinajstić information content (AvgIpc) is 3.40. The molecule has 0 aromatic heterocycles. The summed E-state index contributed by atoms with van der Waals surface area (Å²) in [6.07, 6.45) is 71.0. The largest absolute Gasteiger partial charge is 0.477 e. The second-order valence-electron chi connectivity index (χ2n) is 23.8. The summed E-state index contributed by atoms with van der Waals surface area (Å²) in [4.78, 5) is 37.6. The third-order valence-electron chi connectivity index (χ3n) is 14.9. The van der Waals surface area contributed by atoms with Crippen LogP contribution in [0.15, 0.2) is 36.5 Å². The van der Waals surface area contributed by atoms with Crippen LogP contribution in [0.1, 0.15) is 322 Å². The molecule has 2 unspecified atom stereocenters. The number of unbranched alkanes of at least 4 members (excludes halogenated alkanes) is 41. The molecule has 0 aromatic carbocycles. The van der Waals surface area contributed by atoms with Crippen LogP contribution in [0.25, 0.3) is 0 Å². The number of carbonyl (C=O) groups excluding carboxylic acids is 2. The molecule has 77 heavy (non-hydrogen) atoms. The van der Waals surface area contributed by atoms with Crippen molar-refractivity contribution in [2.45, 2.75) is 334 Å². The molecule has 0 rings (SSSR count). The van der Waals surface area contributed by atoms with Crippen molar-refractivity contribution in [2.75, 3.05) is 47.5 Å². The number of ether oxygens (including phenoxy) is 4. The van der Waals surface area contributed by atoms with Crippen molar-refractivity contribution < 1.29 is 42.9 Å². The molecular formula is C68H128NO8+. The van der Waals surface area contributed by atoms with E-state index in [-0.39, 0.29) is 32.2 Å². The van der Waals surface area contributed by atoms with Crippen LogP contribution in [0.4, 0.5) is 0 Å². The number of rotatable bonds is 62. The van der Waals surface area contributed by atoms with Gasteiger partial charge in [0.15, 0.2) is 6.10 Å². The Bertz CT molecular complexity index is 1360. The third kappa shape index (κ3) is 61.0. The van der Waals surface area contributed by atoms with E-state index in [1.165, 1.54) is 238 Å². The number of carbonyl (C=O) groups is 3. The summed E-state index contributed by atoms with van der Waals surface area (Å²) in [5.74, 6) is -1.99. The van der Waals surface area contributed by atoms with Crippen LogP contribution in [0, 0.1) is 0 Å². The minimum atomic E-state index is -1.51. The summed E-state index contributed by atoms with van der Waals surface area (Å²) >= 11 is 0. The lowest BCUT2D eigenvalue weighted by Gasteiger charge is -2.25. The topological polar surface area (TPSA) is 108 Å². The van der Waals surface area contributed by atoms with Crippen molar-refractivity contribution in [1.29, 1.82) is 0 Å².